The van der Waals surface area contributed by atoms with E-state index in [2.05, 4.69) is 19.9 Å². The van der Waals surface area contributed by atoms with Gasteiger partial charge in [0.1, 0.15) is 11.6 Å². The number of rotatable bonds is 3. The van der Waals surface area contributed by atoms with Gasteiger partial charge in [0.15, 0.2) is 0 Å². The summed E-state index contributed by atoms with van der Waals surface area (Å²) in [5.74, 6) is 1.74. The number of nitrogens with zero attached hydrogens (tertiary/aromatic N) is 6. The zero-order valence-corrected chi connectivity index (χ0v) is 14.7. The van der Waals surface area contributed by atoms with Crippen LogP contribution in [0.3, 0.4) is 0 Å². The lowest BCUT2D eigenvalue weighted by molar-refractivity contribution is 0.251. The summed E-state index contributed by atoms with van der Waals surface area (Å²) < 4.78 is 1.61. The van der Waals surface area contributed by atoms with E-state index in [1.165, 1.54) is 12.8 Å². The van der Waals surface area contributed by atoms with Crippen LogP contribution in [0.25, 0.3) is 11.3 Å². The number of fused-ring (bicyclic) bond motifs is 1. The van der Waals surface area contributed by atoms with Gasteiger partial charge >= 0.3 is 6.03 Å². The molecule has 2 aliphatic rings. The molecule has 3 aromatic rings. The van der Waals surface area contributed by atoms with Crippen molar-refractivity contribution in [2.75, 3.05) is 22.9 Å². The van der Waals surface area contributed by atoms with Crippen molar-refractivity contribution in [3.05, 3.63) is 54.9 Å². The maximum Gasteiger partial charge on any atom is 0.334 e. The Morgan fingerprint density at radius 3 is 2.56 bits per heavy atom. The van der Waals surface area contributed by atoms with Gasteiger partial charge in [0.05, 0.1) is 24.1 Å². The molecule has 5 rings (SSSR count). The molecule has 0 unspecified atom stereocenters. The highest BCUT2D eigenvalue weighted by Crippen LogP contribution is 2.27. The molecule has 0 radical (unpaired) electrons. The number of hydrogen-bond donors (Lipinski definition) is 0. The van der Waals surface area contributed by atoms with Crippen molar-refractivity contribution in [3.8, 4) is 11.3 Å². The highest BCUT2D eigenvalue weighted by Gasteiger charge is 2.30. The zero-order valence-electron chi connectivity index (χ0n) is 14.7. The van der Waals surface area contributed by atoms with Crippen LogP contribution in [0, 0.1) is 0 Å². The van der Waals surface area contributed by atoms with Gasteiger partial charge in [0, 0.05) is 37.2 Å². The molecular weight excluding hydrogens is 347 g/mol. The molecule has 7 nitrogen and oxygen atoms in total. The highest BCUT2D eigenvalue weighted by atomic mass is 19.0. The first-order valence-electron chi connectivity index (χ1n) is 8.81. The first kappa shape index (κ1) is 17.1. The average Bonchev–Trinajstić information content (AvgIpc) is 3.41. The molecule has 5 heterocycles. The van der Waals surface area contributed by atoms with Crippen molar-refractivity contribution in [1.82, 2.24) is 19.5 Å². The lowest BCUT2D eigenvalue weighted by atomic mass is 10.2. The minimum Gasteiger partial charge on any atom is -0.357 e. The third kappa shape index (κ3) is 2.92. The Labute approximate surface area is 155 Å². The van der Waals surface area contributed by atoms with Crippen LogP contribution < -0.4 is 9.80 Å². The van der Waals surface area contributed by atoms with Crippen LogP contribution in [0.15, 0.2) is 49.1 Å². The molecule has 0 aromatic carbocycles. The smallest absolute Gasteiger partial charge is 0.334 e. The van der Waals surface area contributed by atoms with Gasteiger partial charge in [0.25, 0.3) is 0 Å². The van der Waals surface area contributed by atoms with E-state index in [1.807, 2.05) is 30.5 Å². The van der Waals surface area contributed by atoms with Crippen molar-refractivity contribution in [2.24, 2.45) is 0 Å². The average molecular weight is 366 g/mol. The van der Waals surface area contributed by atoms with Crippen LogP contribution in [0.4, 0.5) is 21.0 Å². The molecule has 1 fully saturated rings. The molecule has 0 atom stereocenters. The summed E-state index contributed by atoms with van der Waals surface area (Å²) in [5.41, 5.74) is 2.48. The lowest BCUT2D eigenvalue weighted by Crippen LogP contribution is -2.25. The van der Waals surface area contributed by atoms with Crippen molar-refractivity contribution >= 4 is 17.5 Å². The predicted molar refractivity (Wildman–Crippen MR) is 101 cm³/mol. The number of anilines is 2. The summed E-state index contributed by atoms with van der Waals surface area (Å²) in [5, 5.41) is 0. The summed E-state index contributed by atoms with van der Waals surface area (Å²) in [6, 6.07) is 7.66. The molecule has 0 bridgehead atoms. The third-order valence-electron chi connectivity index (χ3n) is 4.95. The zero-order chi connectivity index (χ0) is 17.5. The van der Waals surface area contributed by atoms with Crippen LogP contribution in [-0.2, 0) is 6.54 Å². The second-order valence-electron chi connectivity index (χ2n) is 6.59. The minimum atomic E-state index is -0.103. The number of imidazole rings is 1. The quantitative estimate of drug-likeness (QED) is 0.713. The number of aromatic nitrogens is 4. The van der Waals surface area contributed by atoms with Crippen molar-refractivity contribution in [1.29, 1.82) is 0 Å². The maximum atomic E-state index is 12.7. The fourth-order valence-electron chi connectivity index (χ4n) is 3.56. The van der Waals surface area contributed by atoms with E-state index in [0.29, 0.717) is 6.54 Å². The first-order chi connectivity index (χ1) is 12.8. The van der Waals surface area contributed by atoms with Gasteiger partial charge in [-0.05, 0) is 37.1 Å². The molecule has 2 aliphatic heterocycles. The summed E-state index contributed by atoms with van der Waals surface area (Å²) >= 11 is 0. The Morgan fingerprint density at radius 1 is 1.04 bits per heavy atom. The standard InChI is InChI=1S/C19H18N6O.FH/c26-19-24(15-4-3-7-20-11-15)13-18-22-16(12-25(18)19)14-5-6-17(21-10-14)23-8-1-2-9-23;/h3-7,10-12H,1-2,8-9,13H2;1H. The topological polar surface area (TPSA) is 67.2 Å². The van der Waals surface area contributed by atoms with Gasteiger partial charge < -0.3 is 4.90 Å². The molecule has 138 valence electrons. The molecule has 0 spiro atoms. The molecule has 27 heavy (non-hydrogen) atoms. The van der Waals surface area contributed by atoms with Gasteiger partial charge in [-0.3, -0.25) is 19.2 Å². The number of carbonyl (C=O) groups excluding carboxylic acids is 1. The number of hydrogen-bond acceptors (Lipinski definition) is 5. The molecule has 3 aromatic heterocycles. The van der Waals surface area contributed by atoms with E-state index in [0.717, 1.165) is 41.7 Å². The van der Waals surface area contributed by atoms with Gasteiger partial charge in [-0.25, -0.2) is 14.8 Å². The second-order valence-corrected chi connectivity index (χ2v) is 6.59. The van der Waals surface area contributed by atoms with E-state index >= 15 is 0 Å². The van der Waals surface area contributed by atoms with Crippen LogP contribution >= 0.6 is 0 Å². The molecule has 0 aliphatic carbocycles. The van der Waals surface area contributed by atoms with Crippen LogP contribution in [-0.4, -0.2) is 38.6 Å². The van der Waals surface area contributed by atoms with Gasteiger partial charge in [-0.15, -0.1) is 0 Å². The van der Waals surface area contributed by atoms with Gasteiger partial charge in [-0.1, -0.05) is 0 Å². The van der Waals surface area contributed by atoms with Crippen LogP contribution in [0.2, 0.25) is 0 Å². The highest BCUT2D eigenvalue weighted by molar-refractivity contribution is 5.96. The fraction of sp³-hybridized carbons (Fsp3) is 0.263. The van der Waals surface area contributed by atoms with Crippen LogP contribution in [0.1, 0.15) is 18.7 Å². The summed E-state index contributed by atoms with van der Waals surface area (Å²) in [6.45, 7) is 2.59. The lowest BCUT2D eigenvalue weighted by Gasteiger charge is -2.16. The second kappa shape index (κ2) is 6.79. The first-order valence-corrected chi connectivity index (χ1v) is 8.81. The van der Waals surface area contributed by atoms with Crippen molar-refractivity contribution < 1.29 is 9.50 Å². The fourth-order valence-corrected chi connectivity index (χ4v) is 3.56. The SMILES string of the molecule is F.O=C1N(c2cccnc2)Cc2nc(-c3ccc(N4CCCC4)nc3)cn21. The number of pyridine rings is 2. The van der Waals surface area contributed by atoms with Crippen LogP contribution in [0.5, 0.6) is 0 Å². The molecule has 0 N–H and O–H groups in total. The maximum absolute atomic E-state index is 12.7. The van der Waals surface area contributed by atoms with Gasteiger partial charge in [-0.2, -0.15) is 0 Å². The van der Waals surface area contributed by atoms with E-state index in [4.69, 9.17) is 0 Å². The number of halogens is 1. The molecule has 1 saturated heterocycles. The number of amides is 1. The Balaban J connectivity index is 0.00000180. The Morgan fingerprint density at radius 2 is 1.89 bits per heavy atom. The number of carbonyl (C=O) groups is 1. The van der Waals surface area contributed by atoms with E-state index in [1.54, 1.807) is 28.1 Å². The third-order valence-corrected chi connectivity index (χ3v) is 4.95. The minimum absolute atomic E-state index is 0. The molecule has 0 saturated carbocycles. The molecular formula is C19H19FN6O. The van der Waals surface area contributed by atoms with Gasteiger partial charge in [0.2, 0.25) is 0 Å². The Bertz CT molecular complexity index is 950. The predicted octanol–water partition coefficient (Wildman–Crippen LogP) is 3.08. The van der Waals surface area contributed by atoms with E-state index < -0.39 is 0 Å². The molecule has 1 amide bonds. The largest absolute Gasteiger partial charge is 0.357 e. The van der Waals surface area contributed by atoms with E-state index in [9.17, 15) is 4.79 Å². The van der Waals surface area contributed by atoms with Crippen molar-refractivity contribution in [2.45, 2.75) is 19.4 Å². The summed E-state index contributed by atoms with van der Waals surface area (Å²) in [4.78, 5) is 29.9. The summed E-state index contributed by atoms with van der Waals surface area (Å²) in [7, 11) is 0. The van der Waals surface area contributed by atoms with E-state index in [-0.39, 0.29) is 10.7 Å². The monoisotopic (exact) mass is 366 g/mol. The summed E-state index contributed by atoms with van der Waals surface area (Å²) in [6.07, 6.45) is 9.47. The molecule has 8 heteroatoms. The Kier molecular flexibility index (Phi) is 4.31. The van der Waals surface area contributed by atoms with Crippen molar-refractivity contribution in [3.63, 3.8) is 0 Å². The normalized spacial score (nSPS) is 15.8. The Hall–Kier alpha value is -3.29.